The van der Waals surface area contributed by atoms with Gasteiger partial charge in [0.15, 0.2) is 5.88 Å². The third-order valence-corrected chi connectivity index (χ3v) is 1.50. The van der Waals surface area contributed by atoms with E-state index >= 15 is 0 Å². The number of aromatic nitrogens is 2. The lowest BCUT2D eigenvalue weighted by Gasteiger charge is -2.04. The van der Waals surface area contributed by atoms with Gasteiger partial charge in [-0.3, -0.25) is 0 Å². The molecule has 0 spiro atoms. The molecular formula is C8H11N3O2. The summed E-state index contributed by atoms with van der Waals surface area (Å²) in [5.41, 5.74) is 5.33. The second kappa shape index (κ2) is 3.30. The molecule has 13 heavy (non-hydrogen) atoms. The summed E-state index contributed by atoms with van der Waals surface area (Å²) in [5, 5.41) is 9.43. The Hall–Kier alpha value is -1.78. The number of nitrogen functional groups attached to an aromatic ring is 1. The first-order valence-electron chi connectivity index (χ1n) is 3.74. The van der Waals surface area contributed by atoms with Crippen molar-refractivity contribution in [2.75, 3.05) is 5.73 Å². The minimum absolute atomic E-state index is 0.113. The summed E-state index contributed by atoms with van der Waals surface area (Å²) in [6, 6.07) is 1.44. The van der Waals surface area contributed by atoms with E-state index in [9.17, 15) is 9.90 Å². The molecule has 1 rings (SSSR count). The Balaban J connectivity index is 3.34. The lowest BCUT2D eigenvalue weighted by Crippen LogP contribution is -2.22. The normalized spacial score (nSPS) is 9.69. The highest BCUT2D eigenvalue weighted by molar-refractivity contribution is 5.40. The molecule has 1 aromatic heterocycles. The van der Waals surface area contributed by atoms with Crippen LogP contribution in [0.4, 0.5) is 5.82 Å². The Kier molecular flexibility index (Phi) is 2.36. The summed E-state index contributed by atoms with van der Waals surface area (Å²) in [5.74, 6) is 0.0281. The molecule has 0 atom stereocenters. The molecule has 1 aromatic rings. The van der Waals surface area contributed by atoms with E-state index in [2.05, 4.69) is 4.98 Å². The van der Waals surface area contributed by atoms with E-state index in [1.807, 2.05) is 0 Å². The molecule has 0 aliphatic carbocycles. The number of hydrogen-bond donors (Lipinski definition) is 2. The molecule has 0 saturated carbocycles. The molecule has 0 aliphatic heterocycles. The Labute approximate surface area is 75.1 Å². The number of aliphatic hydroxyl groups is 1. The molecule has 3 N–H and O–H groups in total. The molecule has 0 aliphatic rings. The van der Waals surface area contributed by atoms with Gasteiger partial charge in [0, 0.05) is 6.20 Å². The first kappa shape index (κ1) is 9.31. The van der Waals surface area contributed by atoms with Gasteiger partial charge in [-0.05, 0) is 25.5 Å². The zero-order valence-corrected chi connectivity index (χ0v) is 7.48. The first-order valence-corrected chi connectivity index (χ1v) is 3.74. The number of aliphatic hydroxyl groups excluding tert-OH is 1. The van der Waals surface area contributed by atoms with Crippen molar-refractivity contribution in [3.05, 3.63) is 28.3 Å². The summed E-state index contributed by atoms with van der Waals surface area (Å²) in [6.45, 7) is 3.39. The zero-order chi connectivity index (χ0) is 10.0. The average molecular weight is 181 g/mol. The lowest BCUT2D eigenvalue weighted by atomic mass is 10.3. The molecular weight excluding hydrogens is 170 g/mol. The van der Waals surface area contributed by atoms with Gasteiger partial charge in [0.2, 0.25) is 0 Å². The van der Waals surface area contributed by atoms with E-state index in [0.717, 1.165) is 4.57 Å². The van der Waals surface area contributed by atoms with Crippen molar-refractivity contribution in [2.45, 2.75) is 13.8 Å². The van der Waals surface area contributed by atoms with Crippen LogP contribution in [0, 0.1) is 0 Å². The van der Waals surface area contributed by atoms with Crippen LogP contribution in [0.5, 0.6) is 0 Å². The van der Waals surface area contributed by atoms with Gasteiger partial charge in [0.05, 0.1) is 0 Å². The number of nitrogens with two attached hydrogens (primary N) is 1. The van der Waals surface area contributed by atoms with Crippen molar-refractivity contribution in [3.63, 3.8) is 0 Å². The van der Waals surface area contributed by atoms with E-state index in [1.165, 1.54) is 12.3 Å². The SMILES string of the molecule is CC(C)=C(O)n1ccc(N)nc1=O. The topological polar surface area (TPSA) is 81.1 Å². The molecule has 5 heteroatoms. The van der Waals surface area contributed by atoms with Crippen LogP contribution in [-0.2, 0) is 0 Å². The average Bonchev–Trinajstić information content (AvgIpc) is 2.03. The number of rotatable bonds is 1. The lowest BCUT2D eigenvalue weighted by molar-refractivity contribution is 0.459. The van der Waals surface area contributed by atoms with Crippen LogP contribution in [0.3, 0.4) is 0 Å². The Morgan fingerprint density at radius 1 is 1.62 bits per heavy atom. The quantitative estimate of drug-likeness (QED) is 0.621. The van der Waals surface area contributed by atoms with Crippen LogP contribution < -0.4 is 11.4 Å². The van der Waals surface area contributed by atoms with Crippen molar-refractivity contribution in [3.8, 4) is 0 Å². The van der Waals surface area contributed by atoms with Crippen LogP contribution in [0.15, 0.2) is 22.6 Å². The molecule has 0 amide bonds. The molecule has 70 valence electrons. The molecule has 0 unspecified atom stereocenters. The maximum absolute atomic E-state index is 11.2. The fourth-order valence-electron chi connectivity index (χ4n) is 0.818. The second-order valence-corrected chi connectivity index (χ2v) is 2.83. The molecule has 0 aromatic carbocycles. The molecule has 1 heterocycles. The van der Waals surface area contributed by atoms with Crippen molar-refractivity contribution in [2.24, 2.45) is 0 Å². The predicted molar refractivity (Wildman–Crippen MR) is 50.1 cm³/mol. The zero-order valence-electron chi connectivity index (χ0n) is 7.48. The molecule has 0 radical (unpaired) electrons. The van der Waals surface area contributed by atoms with Gasteiger partial charge in [-0.1, -0.05) is 0 Å². The van der Waals surface area contributed by atoms with Gasteiger partial charge < -0.3 is 10.8 Å². The van der Waals surface area contributed by atoms with Crippen molar-refractivity contribution in [1.29, 1.82) is 0 Å². The molecule has 5 nitrogen and oxygen atoms in total. The Morgan fingerprint density at radius 3 is 2.69 bits per heavy atom. The van der Waals surface area contributed by atoms with Crippen molar-refractivity contribution in [1.82, 2.24) is 9.55 Å². The van der Waals surface area contributed by atoms with Gasteiger partial charge in [0.1, 0.15) is 5.82 Å². The fourth-order valence-corrected chi connectivity index (χ4v) is 0.818. The second-order valence-electron chi connectivity index (χ2n) is 2.83. The number of anilines is 1. The predicted octanol–water partition coefficient (Wildman–Crippen LogP) is 0.592. The van der Waals surface area contributed by atoms with Crippen LogP contribution in [0.25, 0.3) is 5.88 Å². The van der Waals surface area contributed by atoms with Crippen molar-refractivity contribution < 1.29 is 5.11 Å². The number of nitrogens with zero attached hydrogens (tertiary/aromatic N) is 2. The minimum Gasteiger partial charge on any atom is -0.494 e. The summed E-state index contributed by atoms with van der Waals surface area (Å²) in [6.07, 6.45) is 1.38. The summed E-state index contributed by atoms with van der Waals surface area (Å²) in [4.78, 5) is 14.6. The summed E-state index contributed by atoms with van der Waals surface area (Å²) < 4.78 is 1.03. The highest BCUT2D eigenvalue weighted by Gasteiger charge is 2.02. The van der Waals surface area contributed by atoms with Gasteiger partial charge in [0.25, 0.3) is 0 Å². The third kappa shape index (κ3) is 1.87. The maximum Gasteiger partial charge on any atom is 0.356 e. The van der Waals surface area contributed by atoms with Crippen LogP contribution in [-0.4, -0.2) is 14.7 Å². The van der Waals surface area contributed by atoms with E-state index in [-0.39, 0.29) is 11.7 Å². The molecule has 0 saturated heterocycles. The van der Waals surface area contributed by atoms with E-state index < -0.39 is 5.69 Å². The van der Waals surface area contributed by atoms with E-state index in [4.69, 9.17) is 5.73 Å². The standard InChI is InChI=1S/C8H11N3O2/c1-5(2)7(12)11-4-3-6(9)10-8(11)13/h3-4,12H,1-2H3,(H2,9,10,13). The van der Waals surface area contributed by atoms with Gasteiger partial charge in [-0.25, -0.2) is 9.36 Å². The van der Waals surface area contributed by atoms with E-state index in [1.54, 1.807) is 13.8 Å². The Bertz CT molecular complexity index is 402. The third-order valence-electron chi connectivity index (χ3n) is 1.50. The fraction of sp³-hybridized carbons (Fsp3) is 0.250. The summed E-state index contributed by atoms with van der Waals surface area (Å²) >= 11 is 0. The smallest absolute Gasteiger partial charge is 0.356 e. The highest BCUT2D eigenvalue weighted by atomic mass is 16.3. The van der Waals surface area contributed by atoms with Crippen LogP contribution in [0.1, 0.15) is 13.8 Å². The van der Waals surface area contributed by atoms with Gasteiger partial charge in [-0.2, -0.15) is 4.98 Å². The van der Waals surface area contributed by atoms with Crippen LogP contribution in [0.2, 0.25) is 0 Å². The first-order chi connectivity index (χ1) is 6.02. The molecule has 0 bridgehead atoms. The van der Waals surface area contributed by atoms with Crippen LogP contribution >= 0.6 is 0 Å². The van der Waals surface area contributed by atoms with Gasteiger partial charge >= 0.3 is 5.69 Å². The Morgan fingerprint density at radius 2 is 2.23 bits per heavy atom. The van der Waals surface area contributed by atoms with E-state index in [0.29, 0.717) is 5.57 Å². The highest BCUT2D eigenvalue weighted by Crippen LogP contribution is 2.03. The number of allylic oxidation sites excluding steroid dienone is 1. The van der Waals surface area contributed by atoms with Gasteiger partial charge in [-0.15, -0.1) is 0 Å². The largest absolute Gasteiger partial charge is 0.494 e. The maximum atomic E-state index is 11.2. The van der Waals surface area contributed by atoms with Crippen molar-refractivity contribution >= 4 is 11.7 Å². The monoisotopic (exact) mass is 181 g/mol. The minimum atomic E-state index is -0.585. The molecule has 0 fully saturated rings. The summed E-state index contributed by atoms with van der Waals surface area (Å²) in [7, 11) is 0. The number of hydrogen-bond acceptors (Lipinski definition) is 4.